The molecule has 0 saturated heterocycles. The maximum atomic E-state index is 12.1. The largest absolute Gasteiger partial charge is 0.420 e. The zero-order valence-electron chi connectivity index (χ0n) is 11.8. The van der Waals surface area contributed by atoms with Gasteiger partial charge in [-0.2, -0.15) is 5.10 Å². The van der Waals surface area contributed by atoms with Crippen LogP contribution < -0.4 is 10.3 Å². The molecular formula is C15H15ClN2O3. The number of carbonyl (C=O) groups excluding carboxylic acids is 1. The van der Waals surface area contributed by atoms with Crippen LogP contribution in [0.4, 0.5) is 0 Å². The number of hydrogen-bond acceptors (Lipinski definition) is 4. The first kappa shape index (κ1) is 15.3. The number of ether oxygens (including phenoxy) is 1. The zero-order valence-corrected chi connectivity index (χ0v) is 12.6. The van der Waals surface area contributed by atoms with Gasteiger partial charge >= 0.3 is 5.97 Å². The van der Waals surface area contributed by atoms with E-state index in [0.717, 1.165) is 12.0 Å². The molecule has 6 heteroatoms. The number of halogens is 1. The molecule has 0 N–H and O–H groups in total. The van der Waals surface area contributed by atoms with Gasteiger partial charge in [-0.15, -0.1) is 0 Å². The van der Waals surface area contributed by atoms with Crippen molar-refractivity contribution in [3.8, 4) is 5.75 Å². The molecule has 2 aromatic rings. The fourth-order valence-corrected chi connectivity index (χ4v) is 1.93. The smallest absolute Gasteiger partial charge is 0.364 e. The SMILES string of the molecule is CCCn1nc(C(=O)Oc2cc(C)ccc2Cl)ccc1=O. The lowest BCUT2D eigenvalue weighted by Crippen LogP contribution is -2.25. The Morgan fingerprint density at radius 1 is 1.33 bits per heavy atom. The topological polar surface area (TPSA) is 61.2 Å². The Labute approximate surface area is 127 Å². The molecule has 0 aliphatic heterocycles. The minimum Gasteiger partial charge on any atom is -0.420 e. The van der Waals surface area contributed by atoms with E-state index in [0.29, 0.717) is 11.6 Å². The average molecular weight is 307 g/mol. The van der Waals surface area contributed by atoms with Crippen LogP contribution in [0.25, 0.3) is 0 Å². The Kier molecular flexibility index (Phi) is 4.75. The van der Waals surface area contributed by atoms with Gasteiger partial charge in [0.25, 0.3) is 5.56 Å². The molecule has 1 aromatic carbocycles. The molecular weight excluding hydrogens is 292 g/mol. The van der Waals surface area contributed by atoms with Gasteiger partial charge in [0.2, 0.25) is 0 Å². The van der Waals surface area contributed by atoms with Gasteiger partial charge in [0.1, 0.15) is 5.75 Å². The molecule has 0 radical (unpaired) electrons. The molecule has 0 aliphatic rings. The summed E-state index contributed by atoms with van der Waals surface area (Å²) < 4.78 is 6.48. The summed E-state index contributed by atoms with van der Waals surface area (Å²) >= 11 is 5.98. The van der Waals surface area contributed by atoms with Crippen LogP contribution in [0.1, 0.15) is 29.4 Å². The second-order valence-corrected chi connectivity index (χ2v) is 5.01. The van der Waals surface area contributed by atoms with Gasteiger partial charge < -0.3 is 4.74 Å². The summed E-state index contributed by atoms with van der Waals surface area (Å²) in [6.45, 7) is 4.24. The monoisotopic (exact) mass is 306 g/mol. The number of nitrogens with zero attached hydrogens (tertiary/aromatic N) is 2. The first-order valence-corrected chi connectivity index (χ1v) is 6.95. The van der Waals surface area contributed by atoms with Crippen LogP contribution in [-0.4, -0.2) is 15.7 Å². The third kappa shape index (κ3) is 3.70. The van der Waals surface area contributed by atoms with Crippen molar-refractivity contribution in [2.75, 3.05) is 0 Å². The van der Waals surface area contributed by atoms with Gasteiger partial charge in [-0.05, 0) is 37.1 Å². The van der Waals surface area contributed by atoms with E-state index in [-0.39, 0.29) is 17.0 Å². The van der Waals surface area contributed by atoms with E-state index in [1.165, 1.54) is 16.8 Å². The predicted octanol–water partition coefficient (Wildman–Crippen LogP) is 2.83. The third-order valence-corrected chi connectivity index (χ3v) is 3.11. The number of rotatable bonds is 4. The Balaban J connectivity index is 2.26. The molecule has 0 saturated carbocycles. The average Bonchev–Trinajstić information content (AvgIpc) is 2.45. The normalized spacial score (nSPS) is 10.4. The van der Waals surface area contributed by atoms with Crippen LogP contribution in [0.2, 0.25) is 5.02 Å². The number of esters is 1. The van der Waals surface area contributed by atoms with Crippen LogP contribution in [-0.2, 0) is 6.54 Å². The standard InChI is InChI=1S/C15H15ClN2O3/c1-3-8-18-14(19)7-6-12(17-18)15(20)21-13-9-10(2)4-5-11(13)16/h4-7,9H,3,8H2,1-2H3. The summed E-state index contributed by atoms with van der Waals surface area (Å²) in [5.74, 6) is -0.371. The summed E-state index contributed by atoms with van der Waals surface area (Å²) in [5, 5.41) is 4.34. The molecule has 0 unspecified atom stereocenters. The summed E-state index contributed by atoms with van der Waals surface area (Å²) in [6, 6.07) is 7.80. The van der Waals surface area contributed by atoms with Gasteiger partial charge in [-0.3, -0.25) is 4.79 Å². The zero-order chi connectivity index (χ0) is 15.4. The highest BCUT2D eigenvalue weighted by atomic mass is 35.5. The van der Waals surface area contributed by atoms with E-state index in [1.807, 2.05) is 19.9 Å². The molecule has 0 aliphatic carbocycles. The van der Waals surface area contributed by atoms with E-state index < -0.39 is 5.97 Å². The fourth-order valence-electron chi connectivity index (χ4n) is 1.77. The van der Waals surface area contributed by atoms with Crippen molar-refractivity contribution in [2.45, 2.75) is 26.8 Å². The van der Waals surface area contributed by atoms with Gasteiger partial charge in [-0.25, -0.2) is 9.48 Å². The van der Waals surface area contributed by atoms with Gasteiger partial charge in [0.05, 0.1) is 5.02 Å². The van der Waals surface area contributed by atoms with Crippen LogP contribution >= 0.6 is 11.6 Å². The van der Waals surface area contributed by atoms with Crippen molar-refractivity contribution in [1.82, 2.24) is 9.78 Å². The van der Waals surface area contributed by atoms with Gasteiger partial charge in [0.15, 0.2) is 5.69 Å². The highest BCUT2D eigenvalue weighted by Crippen LogP contribution is 2.25. The molecule has 0 fully saturated rings. The molecule has 1 aromatic heterocycles. The lowest BCUT2D eigenvalue weighted by molar-refractivity contribution is 0.0725. The molecule has 2 rings (SSSR count). The third-order valence-electron chi connectivity index (χ3n) is 2.80. The number of hydrogen-bond donors (Lipinski definition) is 0. The maximum Gasteiger partial charge on any atom is 0.364 e. The summed E-state index contributed by atoms with van der Waals surface area (Å²) in [5.41, 5.74) is 0.744. The lowest BCUT2D eigenvalue weighted by atomic mass is 10.2. The van der Waals surface area contributed by atoms with Crippen LogP contribution in [0.3, 0.4) is 0 Å². The van der Waals surface area contributed by atoms with Crippen LogP contribution in [0.15, 0.2) is 35.1 Å². The number of benzene rings is 1. The van der Waals surface area contributed by atoms with E-state index in [4.69, 9.17) is 16.3 Å². The second-order valence-electron chi connectivity index (χ2n) is 4.60. The predicted molar refractivity (Wildman–Crippen MR) is 79.9 cm³/mol. The van der Waals surface area contributed by atoms with Crippen molar-refractivity contribution < 1.29 is 9.53 Å². The minimum absolute atomic E-state index is 0.0700. The molecule has 5 nitrogen and oxygen atoms in total. The minimum atomic E-state index is -0.646. The lowest BCUT2D eigenvalue weighted by Gasteiger charge is -2.08. The highest BCUT2D eigenvalue weighted by molar-refractivity contribution is 6.32. The molecule has 110 valence electrons. The Morgan fingerprint density at radius 3 is 2.81 bits per heavy atom. The second kappa shape index (κ2) is 6.54. The molecule has 21 heavy (non-hydrogen) atoms. The van der Waals surface area contributed by atoms with Crippen molar-refractivity contribution in [3.63, 3.8) is 0 Å². The Hall–Kier alpha value is -2.14. The molecule has 1 heterocycles. The van der Waals surface area contributed by atoms with E-state index in [2.05, 4.69) is 5.10 Å². The Bertz CT molecular complexity index is 725. The van der Waals surface area contributed by atoms with Crippen molar-refractivity contribution in [3.05, 3.63) is 57.0 Å². The number of aryl methyl sites for hydroxylation is 2. The molecule has 0 spiro atoms. The van der Waals surface area contributed by atoms with E-state index >= 15 is 0 Å². The first-order chi connectivity index (χ1) is 10.0. The molecule has 0 amide bonds. The summed E-state index contributed by atoms with van der Waals surface area (Å²) in [4.78, 5) is 23.7. The van der Waals surface area contributed by atoms with Crippen molar-refractivity contribution in [2.24, 2.45) is 0 Å². The summed E-state index contributed by atoms with van der Waals surface area (Å²) in [6.07, 6.45) is 0.745. The van der Waals surface area contributed by atoms with Gasteiger partial charge in [0, 0.05) is 12.6 Å². The first-order valence-electron chi connectivity index (χ1n) is 6.57. The van der Waals surface area contributed by atoms with E-state index in [1.54, 1.807) is 12.1 Å². The fraction of sp³-hybridized carbons (Fsp3) is 0.267. The van der Waals surface area contributed by atoms with Crippen molar-refractivity contribution >= 4 is 17.6 Å². The summed E-state index contributed by atoms with van der Waals surface area (Å²) in [7, 11) is 0. The number of aromatic nitrogens is 2. The highest BCUT2D eigenvalue weighted by Gasteiger charge is 2.14. The van der Waals surface area contributed by atoms with Crippen LogP contribution in [0, 0.1) is 6.92 Å². The van der Waals surface area contributed by atoms with Crippen molar-refractivity contribution in [1.29, 1.82) is 0 Å². The van der Waals surface area contributed by atoms with Crippen LogP contribution in [0.5, 0.6) is 5.75 Å². The molecule has 0 atom stereocenters. The van der Waals surface area contributed by atoms with E-state index in [9.17, 15) is 9.59 Å². The number of carbonyl (C=O) groups is 1. The van der Waals surface area contributed by atoms with Gasteiger partial charge in [-0.1, -0.05) is 24.6 Å². The quantitative estimate of drug-likeness (QED) is 0.643. The maximum absolute atomic E-state index is 12.1. The molecule has 0 bridgehead atoms. The Morgan fingerprint density at radius 2 is 2.10 bits per heavy atom.